The van der Waals surface area contributed by atoms with Crippen LogP contribution in [0.2, 0.25) is 0 Å². The van der Waals surface area contributed by atoms with Gasteiger partial charge in [-0.2, -0.15) is 5.10 Å². The maximum Gasteiger partial charge on any atom is 0.354 e. The Labute approximate surface area is 113 Å². The first-order valence-electron chi connectivity index (χ1n) is 5.64. The van der Waals surface area contributed by atoms with Crippen molar-refractivity contribution in [3.63, 3.8) is 0 Å². The molecule has 5 nitrogen and oxygen atoms in total. The summed E-state index contributed by atoms with van der Waals surface area (Å²) >= 11 is 3.27. The van der Waals surface area contributed by atoms with Crippen LogP contribution >= 0.6 is 15.9 Å². The number of ether oxygens (including phenoxy) is 1. The Morgan fingerprint density at radius 1 is 1.61 bits per heavy atom. The van der Waals surface area contributed by atoms with E-state index in [4.69, 9.17) is 4.74 Å². The molecule has 0 amide bonds. The van der Waals surface area contributed by atoms with Crippen LogP contribution < -0.4 is 0 Å². The zero-order valence-corrected chi connectivity index (χ0v) is 11.6. The molecule has 0 fully saturated rings. The van der Waals surface area contributed by atoms with Crippen molar-refractivity contribution in [2.45, 2.75) is 12.8 Å². The fourth-order valence-electron chi connectivity index (χ4n) is 1.61. The summed E-state index contributed by atoms with van der Waals surface area (Å²) < 4.78 is 7.75. The molecule has 2 aromatic heterocycles. The molecule has 0 aliphatic carbocycles. The van der Waals surface area contributed by atoms with Gasteiger partial charge in [0.15, 0.2) is 0 Å². The molecule has 0 spiro atoms. The van der Waals surface area contributed by atoms with Crippen LogP contribution in [0, 0.1) is 0 Å². The highest BCUT2D eigenvalue weighted by molar-refractivity contribution is 9.10. The van der Waals surface area contributed by atoms with E-state index in [9.17, 15) is 4.79 Å². The summed E-state index contributed by atoms with van der Waals surface area (Å²) in [5.74, 6) is -0.327. The number of carbonyl (C=O) groups is 1. The van der Waals surface area contributed by atoms with Gasteiger partial charge in [-0.25, -0.2) is 4.79 Å². The van der Waals surface area contributed by atoms with E-state index in [0.29, 0.717) is 12.3 Å². The molecule has 2 aromatic rings. The van der Waals surface area contributed by atoms with Crippen LogP contribution in [-0.4, -0.2) is 27.3 Å². The van der Waals surface area contributed by atoms with E-state index in [1.165, 1.54) is 0 Å². The van der Waals surface area contributed by atoms with Gasteiger partial charge in [-0.05, 0) is 40.4 Å². The molecule has 0 unspecified atom stereocenters. The fraction of sp³-hybridized carbons (Fsp3) is 0.333. The Hall–Kier alpha value is -1.56. The fourth-order valence-corrected chi connectivity index (χ4v) is 1.95. The van der Waals surface area contributed by atoms with E-state index in [-0.39, 0.29) is 5.97 Å². The number of hydrogen-bond acceptors (Lipinski definition) is 3. The van der Waals surface area contributed by atoms with Crippen molar-refractivity contribution in [1.82, 2.24) is 14.8 Å². The van der Waals surface area contributed by atoms with Crippen LogP contribution in [0.25, 0.3) is 0 Å². The van der Waals surface area contributed by atoms with E-state index >= 15 is 0 Å². The minimum atomic E-state index is -0.327. The number of hydrogen-bond donors (Lipinski definition) is 1. The molecule has 0 aliphatic rings. The summed E-state index contributed by atoms with van der Waals surface area (Å²) in [6.45, 7) is 0.407. The van der Waals surface area contributed by atoms with Gasteiger partial charge >= 0.3 is 5.97 Å². The second kappa shape index (κ2) is 5.86. The highest BCUT2D eigenvalue weighted by Crippen LogP contribution is 2.11. The first kappa shape index (κ1) is 12.9. The van der Waals surface area contributed by atoms with Gasteiger partial charge in [0, 0.05) is 23.9 Å². The summed E-state index contributed by atoms with van der Waals surface area (Å²) in [4.78, 5) is 14.4. The Balaban J connectivity index is 1.71. The summed E-state index contributed by atoms with van der Waals surface area (Å²) in [6, 6.07) is 1.70. The number of aryl methyl sites for hydroxylation is 2. The summed E-state index contributed by atoms with van der Waals surface area (Å²) in [6.07, 6.45) is 7.13. The molecular formula is C12H14BrN3O2. The summed E-state index contributed by atoms with van der Waals surface area (Å²) in [5.41, 5.74) is 1.61. The molecule has 96 valence electrons. The first-order chi connectivity index (χ1) is 8.65. The molecule has 0 saturated carbocycles. The van der Waals surface area contributed by atoms with Gasteiger partial charge in [-0.3, -0.25) is 4.68 Å². The van der Waals surface area contributed by atoms with Gasteiger partial charge in [0.05, 0.1) is 12.8 Å². The minimum absolute atomic E-state index is 0.327. The van der Waals surface area contributed by atoms with Gasteiger partial charge in [0.1, 0.15) is 5.69 Å². The normalized spacial score (nSPS) is 10.6. The maximum absolute atomic E-state index is 11.6. The number of aromatic amines is 1. The van der Waals surface area contributed by atoms with Gasteiger partial charge < -0.3 is 9.72 Å². The lowest BCUT2D eigenvalue weighted by atomic mass is 10.2. The van der Waals surface area contributed by atoms with E-state index < -0.39 is 0 Å². The van der Waals surface area contributed by atoms with Crippen molar-refractivity contribution >= 4 is 21.9 Å². The molecule has 0 atom stereocenters. The number of nitrogens with zero attached hydrogens (tertiary/aromatic N) is 2. The Morgan fingerprint density at radius 2 is 2.44 bits per heavy atom. The predicted molar refractivity (Wildman–Crippen MR) is 70.3 cm³/mol. The van der Waals surface area contributed by atoms with Crippen LogP contribution in [0.15, 0.2) is 29.1 Å². The van der Waals surface area contributed by atoms with Gasteiger partial charge in [0.2, 0.25) is 0 Å². The highest BCUT2D eigenvalue weighted by Gasteiger charge is 2.08. The molecule has 0 saturated heterocycles. The quantitative estimate of drug-likeness (QED) is 0.681. The third-order valence-corrected chi connectivity index (χ3v) is 2.93. The van der Waals surface area contributed by atoms with Crippen molar-refractivity contribution in [2.75, 3.05) is 6.61 Å². The van der Waals surface area contributed by atoms with Crippen molar-refractivity contribution in [3.05, 3.63) is 40.4 Å². The molecule has 6 heteroatoms. The SMILES string of the molecule is Cn1cc(CCCOC(=O)c2cc(Br)c[nH]2)cn1. The number of nitrogens with one attached hydrogen (secondary N) is 1. The van der Waals surface area contributed by atoms with Gasteiger partial charge in [-0.15, -0.1) is 0 Å². The molecule has 0 aliphatic heterocycles. The highest BCUT2D eigenvalue weighted by atomic mass is 79.9. The standard InChI is InChI=1S/C12H14BrN3O2/c1-16-8-9(6-15-16)3-2-4-18-12(17)11-5-10(13)7-14-11/h5-8,14H,2-4H2,1H3. The van der Waals surface area contributed by atoms with Crippen LogP contribution in [-0.2, 0) is 18.2 Å². The molecule has 2 rings (SSSR count). The number of rotatable bonds is 5. The second-order valence-corrected chi connectivity index (χ2v) is 4.91. The lowest BCUT2D eigenvalue weighted by molar-refractivity contribution is 0.0494. The average molecular weight is 312 g/mol. The lowest BCUT2D eigenvalue weighted by Crippen LogP contribution is -2.07. The van der Waals surface area contributed by atoms with E-state index in [0.717, 1.165) is 22.9 Å². The monoisotopic (exact) mass is 311 g/mol. The van der Waals surface area contributed by atoms with E-state index in [1.54, 1.807) is 16.9 Å². The number of esters is 1. The number of aromatic nitrogens is 3. The molecule has 0 radical (unpaired) electrons. The van der Waals surface area contributed by atoms with Crippen molar-refractivity contribution < 1.29 is 9.53 Å². The largest absolute Gasteiger partial charge is 0.461 e. The third kappa shape index (κ3) is 3.46. The second-order valence-electron chi connectivity index (χ2n) is 3.99. The van der Waals surface area contributed by atoms with Crippen LogP contribution in [0.1, 0.15) is 22.5 Å². The van der Waals surface area contributed by atoms with Crippen molar-refractivity contribution in [3.8, 4) is 0 Å². The molecule has 1 N–H and O–H groups in total. The number of H-pyrrole nitrogens is 1. The molecule has 18 heavy (non-hydrogen) atoms. The topological polar surface area (TPSA) is 59.9 Å². The Bertz CT molecular complexity index is 533. The lowest BCUT2D eigenvalue weighted by Gasteiger charge is -2.02. The van der Waals surface area contributed by atoms with Gasteiger partial charge in [-0.1, -0.05) is 0 Å². The van der Waals surface area contributed by atoms with Crippen LogP contribution in [0.5, 0.6) is 0 Å². The van der Waals surface area contributed by atoms with Crippen LogP contribution in [0.4, 0.5) is 0 Å². The summed E-state index contributed by atoms with van der Waals surface area (Å²) in [7, 11) is 1.88. The van der Waals surface area contributed by atoms with E-state index in [2.05, 4.69) is 26.0 Å². The zero-order chi connectivity index (χ0) is 13.0. The molecule has 0 bridgehead atoms. The predicted octanol–water partition coefficient (Wildman–Crippen LogP) is 2.30. The number of carbonyl (C=O) groups excluding carboxylic acids is 1. The Kier molecular flexibility index (Phi) is 4.19. The molecule has 2 heterocycles. The van der Waals surface area contributed by atoms with Crippen molar-refractivity contribution in [2.24, 2.45) is 7.05 Å². The smallest absolute Gasteiger partial charge is 0.354 e. The Morgan fingerprint density at radius 3 is 3.06 bits per heavy atom. The molecule has 0 aromatic carbocycles. The number of halogens is 1. The first-order valence-corrected chi connectivity index (χ1v) is 6.43. The minimum Gasteiger partial charge on any atom is -0.461 e. The van der Waals surface area contributed by atoms with Crippen LogP contribution in [0.3, 0.4) is 0 Å². The maximum atomic E-state index is 11.6. The van der Waals surface area contributed by atoms with Gasteiger partial charge in [0.25, 0.3) is 0 Å². The third-order valence-electron chi connectivity index (χ3n) is 2.47. The summed E-state index contributed by atoms with van der Waals surface area (Å²) in [5, 5.41) is 4.08. The van der Waals surface area contributed by atoms with E-state index in [1.807, 2.05) is 19.4 Å². The molecular weight excluding hydrogens is 298 g/mol. The average Bonchev–Trinajstić information content (AvgIpc) is 2.93. The zero-order valence-electron chi connectivity index (χ0n) is 10.0. The van der Waals surface area contributed by atoms with Crippen molar-refractivity contribution in [1.29, 1.82) is 0 Å².